The normalized spacial score (nSPS) is 10.9. The maximum atomic E-state index is 13.4. The van der Waals surface area contributed by atoms with Gasteiger partial charge in [-0.25, -0.2) is 0 Å². The summed E-state index contributed by atoms with van der Waals surface area (Å²) < 4.78 is 1.78. The van der Waals surface area contributed by atoms with Crippen LogP contribution in [0.1, 0.15) is 49.5 Å². The van der Waals surface area contributed by atoms with E-state index in [2.05, 4.69) is 6.92 Å². The van der Waals surface area contributed by atoms with Gasteiger partial charge < -0.3 is 14.4 Å². The summed E-state index contributed by atoms with van der Waals surface area (Å²) >= 11 is 0. The van der Waals surface area contributed by atoms with E-state index in [0.29, 0.717) is 37.1 Å². The molecule has 0 atom stereocenters. The molecule has 174 valence electrons. The van der Waals surface area contributed by atoms with Crippen LogP contribution >= 0.6 is 0 Å². The quantitative estimate of drug-likeness (QED) is 0.321. The zero-order chi connectivity index (χ0) is 23.8. The van der Waals surface area contributed by atoms with Crippen molar-refractivity contribution in [1.29, 1.82) is 0 Å². The first-order valence-corrected chi connectivity index (χ1v) is 11.7. The number of carbonyl (C=O) groups is 3. The van der Waals surface area contributed by atoms with E-state index in [-0.39, 0.29) is 12.5 Å². The second-order valence-electron chi connectivity index (χ2n) is 8.15. The molecule has 1 aromatic heterocycles. The Morgan fingerprint density at radius 3 is 2.18 bits per heavy atom. The summed E-state index contributed by atoms with van der Waals surface area (Å²) in [6.07, 6.45) is 3.42. The Bertz CT molecular complexity index is 1100. The monoisotopic (exact) mass is 447 g/mol. The molecule has 0 saturated heterocycles. The standard InChI is InChI=1S/C27H33N3O3/c1-4-7-17-29(18-21-13-9-8-10-14-21)27(33)26(32)23-19-30(20-25(31)28(5-2)6-3)24-16-12-11-15-22(23)24/h8-16,19H,4-7,17-18,20H2,1-3H3. The van der Waals surface area contributed by atoms with Crippen LogP contribution in [0, 0.1) is 0 Å². The van der Waals surface area contributed by atoms with E-state index < -0.39 is 11.7 Å². The predicted octanol–water partition coefficient (Wildman–Crippen LogP) is 4.52. The summed E-state index contributed by atoms with van der Waals surface area (Å²) in [6.45, 7) is 8.26. The molecule has 33 heavy (non-hydrogen) atoms. The number of Topliss-reactive ketones (excluding diaryl/α,β-unsaturated/α-hetero) is 1. The number of amides is 2. The summed E-state index contributed by atoms with van der Waals surface area (Å²) in [5.41, 5.74) is 2.11. The molecule has 2 amide bonds. The number of carbonyl (C=O) groups excluding carboxylic acids is 3. The Morgan fingerprint density at radius 1 is 0.848 bits per heavy atom. The average Bonchev–Trinajstić information content (AvgIpc) is 3.20. The number of nitrogens with zero attached hydrogens (tertiary/aromatic N) is 3. The number of fused-ring (bicyclic) bond motifs is 1. The Kier molecular flexibility index (Phi) is 8.41. The van der Waals surface area contributed by atoms with Crippen LogP contribution in [0.4, 0.5) is 0 Å². The van der Waals surface area contributed by atoms with Crippen molar-refractivity contribution in [3.63, 3.8) is 0 Å². The smallest absolute Gasteiger partial charge is 0.295 e. The van der Waals surface area contributed by atoms with Crippen molar-refractivity contribution in [3.8, 4) is 0 Å². The van der Waals surface area contributed by atoms with Crippen molar-refractivity contribution in [3.05, 3.63) is 71.9 Å². The minimum absolute atomic E-state index is 0.0141. The van der Waals surface area contributed by atoms with Gasteiger partial charge in [0.1, 0.15) is 6.54 Å². The van der Waals surface area contributed by atoms with Crippen molar-refractivity contribution in [2.45, 2.75) is 46.7 Å². The molecule has 3 aromatic rings. The Balaban J connectivity index is 1.91. The van der Waals surface area contributed by atoms with Crippen LogP contribution < -0.4 is 0 Å². The van der Waals surface area contributed by atoms with Crippen LogP contribution in [0.3, 0.4) is 0 Å². The molecule has 3 rings (SSSR count). The number of benzene rings is 2. The number of para-hydroxylation sites is 1. The second kappa shape index (κ2) is 11.5. The van der Waals surface area contributed by atoms with Crippen LogP contribution in [0.2, 0.25) is 0 Å². The summed E-state index contributed by atoms with van der Waals surface area (Å²) in [5, 5.41) is 0.693. The maximum Gasteiger partial charge on any atom is 0.295 e. The Labute approximate surface area is 195 Å². The van der Waals surface area contributed by atoms with Crippen molar-refractivity contribution in [2.75, 3.05) is 19.6 Å². The highest BCUT2D eigenvalue weighted by atomic mass is 16.2. The first-order valence-electron chi connectivity index (χ1n) is 11.7. The molecule has 6 heteroatoms. The Morgan fingerprint density at radius 2 is 1.52 bits per heavy atom. The van der Waals surface area contributed by atoms with E-state index in [9.17, 15) is 14.4 Å². The highest BCUT2D eigenvalue weighted by molar-refractivity contribution is 6.44. The fourth-order valence-corrected chi connectivity index (χ4v) is 4.04. The van der Waals surface area contributed by atoms with Gasteiger partial charge in [-0.2, -0.15) is 0 Å². The summed E-state index contributed by atoms with van der Waals surface area (Å²) in [6, 6.07) is 17.1. The molecule has 0 N–H and O–H groups in total. The summed E-state index contributed by atoms with van der Waals surface area (Å²) in [5.74, 6) is -1.06. The van der Waals surface area contributed by atoms with E-state index in [0.717, 1.165) is 23.9 Å². The van der Waals surface area contributed by atoms with Gasteiger partial charge in [0.25, 0.3) is 11.7 Å². The first-order chi connectivity index (χ1) is 16.0. The molecule has 0 bridgehead atoms. The molecule has 0 saturated carbocycles. The molecule has 2 aromatic carbocycles. The molecule has 0 aliphatic rings. The number of ketones is 1. The lowest BCUT2D eigenvalue weighted by Gasteiger charge is -2.22. The number of rotatable bonds is 11. The molecule has 0 radical (unpaired) electrons. The van der Waals surface area contributed by atoms with Gasteiger partial charge in [-0.3, -0.25) is 14.4 Å². The molecular formula is C27H33N3O3. The summed E-state index contributed by atoms with van der Waals surface area (Å²) in [4.78, 5) is 42.8. The average molecular weight is 448 g/mol. The van der Waals surface area contributed by atoms with Crippen LogP contribution in [0.25, 0.3) is 10.9 Å². The van der Waals surface area contributed by atoms with Gasteiger partial charge in [-0.1, -0.05) is 61.9 Å². The van der Waals surface area contributed by atoms with E-state index in [1.807, 2.05) is 68.4 Å². The number of unbranched alkanes of at least 4 members (excludes halogenated alkanes) is 1. The molecule has 0 unspecified atom stereocenters. The van der Waals surface area contributed by atoms with Crippen LogP contribution in [0.5, 0.6) is 0 Å². The van der Waals surface area contributed by atoms with Crippen molar-refractivity contribution in [2.24, 2.45) is 0 Å². The third kappa shape index (κ3) is 5.69. The third-order valence-electron chi connectivity index (χ3n) is 5.93. The second-order valence-corrected chi connectivity index (χ2v) is 8.15. The number of aromatic nitrogens is 1. The molecule has 0 fully saturated rings. The fourth-order valence-electron chi connectivity index (χ4n) is 4.04. The maximum absolute atomic E-state index is 13.4. The molecule has 0 spiro atoms. The van der Waals surface area contributed by atoms with Crippen molar-refractivity contribution < 1.29 is 14.4 Å². The zero-order valence-electron chi connectivity index (χ0n) is 19.8. The third-order valence-corrected chi connectivity index (χ3v) is 5.93. The first kappa shape index (κ1) is 24.2. The largest absolute Gasteiger partial charge is 0.342 e. The number of hydrogen-bond acceptors (Lipinski definition) is 3. The van der Waals surface area contributed by atoms with Crippen LogP contribution in [-0.4, -0.2) is 51.6 Å². The molecular weight excluding hydrogens is 414 g/mol. The van der Waals surface area contributed by atoms with Gasteiger partial charge in [0.2, 0.25) is 5.91 Å². The highest BCUT2D eigenvalue weighted by Crippen LogP contribution is 2.23. The van der Waals surface area contributed by atoms with Crippen molar-refractivity contribution in [1.82, 2.24) is 14.4 Å². The SMILES string of the molecule is CCCCN(Cc1ccccc1)C(=O)C(=O)c1cn(CC(=O)N(CC)CC)c2ccccc12. The minimum Gasteiger partial charge on any atom is -0.342 e. The van der Waals surface area contributed by atoms with Gasteiger partial charge in [-0.05, 0) is 31.9 Å². The van der Waals surface area contributed by atoms with Gasteiger partial charge >= 0.3 is 0 Å². The van der Waals surface area contributed by atoms with Crippen molar-refractivity contribution >= 4 is 28.5 Å². The van der Waals surface area contributed by atoms with Crippen LogP contribution in [0.15, 0.2) is 60.8 Å². The number of likely N-dealkylation sites (N-methyl/N-ethyl adjacent to an activating group) is 1. The minimum atomic E-state index is -0.535. The van der Waals surface area contributed by atoms with Gasteiger partial charge in [0.15, 0.2) is 0 Å². The van der Waals surface area contributed by atoms with Gasteiger partial charge in [0, 0.05) is 43.3 Å². The van der Waals surface area contributed by atoms with Gasteiger partial charge in [-0.15, -0.1) is 0 Å². The zero-order valence-corrected chi connectivity index (χ0v) is 19.8. The Hall–Kier alpha value is -3.41. The summed E-state index contributed by atoms with van der Waals surface area (Å²) in [7, 11) is 0. The topological polar surface area (TPSA) is 62.6 Å². The number of hydrogen-bond donors (Lipinski definition) is 0. The lowest BCUT2D eigenvalue weighted by molar-refractivity contribution is -0.131. The molecule has 0 aliphatic carbocycles. The fraction of sp³-hybridized carbons (Fsp3) is 0.370. The van der Waals surface area contributed by atoms with Crippen LogP contribution in [-0.2, 0) is 22.7 Å². The van der Waals surface area contributed by atoms with E-state index in [4.69, 9.17) is 0 Å². The molecule has 6 nitrogen and oxygen atoms in total. The van der Waals surface area contributed by atoms with Gasteiger partial charge in [0.05, 0.1) is 5.56 Å². The predicted molar refractivity (Wildman–Crippen MR) is 131 cm³/mol. The highest BCUT2D eigenvalue weighted by Gasteiger charge is 2.27. The molecule has 0 aliphatic heterocycles. The lowest BCUT2D eigenvalue weighted by Crippen LogP contribution is -2.37. The van der Waals surface area contributed by atoms with E-state index in [1.54, 1.807) is 20.6 Å². The molecule has 1 heterocycles. The van der Waals surface area contributed by atoms with E-state index >= 15 is 0 Å². The lowest BCUT2D eigenvalue weighted by atomic mass is 10.1. The van der Waals surface area contributed by atoms with E-state index in [1.165, 1.54) is 0 Å².